The monoisotopic (exact) mass is 334 g/mol. The minimum absolute atomic E-state index is 0.128. The molecule has 0 saturated heterocycles. The molecule has 4 aromatic rings. The number of nitrogens with zero attached hydrogens (tertiary/aromatic N) is 1. The van der Waals surface area contributed by atoms with Crippen molar-refractivity contribution < 1.29 is 17.3 Å². The molecular formula is C22H15NO2. The van der Waals surface area contributed by atoms with Crippen molar-refractivity contribution in [1.82, 2.24) is 0 Å². The lowest BCUT2D eigenvalue weighted by molar-refractivity contribution is -0.384. The maximum atomic E-state index is 12.0. The topological polar surface area (TPSA) is 43.1 Å². The van der Waals surface area contributed by atoms with E-state index in [2.05, 4.69) is 0 Å². The zero-order valence-electron chi connectivity index (χ0n) is 21.7. The van der Waals surface area contributed by atoms with Gasteiger partial charge in [0.2, 0.25) is 0 Å². The van der Waals surface area contributed by atoms with Gasteiger partial charge in [-0.1, -0.05) is 78.6 Å². The zero-order chi connectivity index (χ0) is 25.1. The van der Waals surface area contributed by atoms with Crippen LogP contribution in [0.3, 0.4) is 0 Å². The Hall–Kier alpha value is -3.46. The van der Waals surface area contributed by atoms with Gasteiger partial charge >= 0.3 is 0 Å². The molecule has 0 heterocycles. The minimum Gasteiger partial charge on any atom is -0.258 e. The first-order chi connectivity index (χ1) is 16.0. The third-order valence-electron chi connectivity index (χ3n) is 3.79. The van der Waals surface area contributed by atoms with Crippen molar-refractivity contribution in [2.24, 2.45) is 0 Å². The van der Waals surface area contributed by atoms with E-state index in [0.717, 1.165) is 0 Å². The Morgan fingerprint density at radius 2 is 1.48 bits per heavy atom. The quantitative estimate of drug-likeness (QED) is 0.336. The van der Waals surface area contributed by atoms with Gasteiger partial charge in [-0.15, -0.1) is 0 Å². The van der Waals surface area contributed by atoms with Crippen molar-refractivity contribution in [3.05, 3.63) is 101 Å². The average Bonchev–Trinajstić information content (AvgIpc) is 2.82. The summed E-state index contributed by atoms with van der Waals surface area (Å²) in [5, 5.41) is 12.8. The molecule has 0 bridgehead atoms. The maximum absolute atomic E-state index is 12.0. The molecule has 0 amide bonds. The van der Waals surface area contributed by atoms with Crippen LogP contribution < -0.4 is 0 Å². The van der Waals surface area contributed by atoms with Crippen molar-refractivity contribution in [3.8, 4) is 22.3 Å². The number of nitro benzene ring substituents is 1. The smallest absolute Gasteiger partial charge is 0.258 e. The van der Waals surface area contributed by atoms with Gasteiger partial charge in [0, 0.05) is 6.07 Å². The highest BCUT2D eigenvalue weighted by Crippen LogP contribution is 2.41. The van der Waals surface area contributed by atoms with E-state index in [-0.39, 0.29) is 11.1 Å². The molecule has 0 N–H and O–H groups in total. The lowest BCUT2D eigenvalue weighted by Gasteiger charge is -2.13. The molecule has 0 fully saturated rings. The molecule has 0 spiro atoms. The standard InChI is InChI=1S/C22H15NO2/c24-23(25)21-15-14-17-10-4-5-12-19(17)22(21)20-13-7-6-11-18(20)16-8-2-1-3-9-16/h1-15H/i1D,2D,3D,6D,7D,8D,9D,11D,13D. The summed E-state index contributed by atoms with van der Waals surface area (Å²) in [6.07, 6.45) is 0. The van der Waals surface area contributed by atoms with Crippen molar-refractivity contribution in [2.45, 2.75) is 0 Å². The van der Waals surface area contributed by atoms with E-state index in [4.69, 9.17) is 12.3 Å². The first kappa shape index (κ1) is 8.08. The third kappa shape index (κ3) is 2.66. The lowest BCUT2D eigenvalue weighted by Crippen LogP contribution is -1.95. The number of benzene rings is 4. The molecule has 0 aliphatic carbocycles. The highest BCUT2D eigenvalue weighted by molar-refractivity contribution is 6.04. The van der Waals surface area contributed by atoms with Gasteiger partial charge in [0.25, 0.3) is 5.69 Å². The SMILES string of the molecule is [2H]c1c([2H])c([2H])c(-c2c([2H])c([2H])c([2H])c([2H])c2-c2c([N+](=O)[O-])ccc3ccccc23)c([2H])c1[2H]. The first-order valence-electron chi connectivity index (χ1n) is 11.8. The third-order valence-corrected chi connectivity index (χ3v) is 3.79. The average molecular weight is 334 g/mol. The minimum atomic E-state index is -0.696. The summed E-state index contributed by atoms with van der Waals surface area (Å²) < 4.78 is 74.1. The van der Waals surface area contributed by atoms with Gasteiger partial charge in [0.05, 0.1) is 22.8 Å². The van der Waals surface area contributed by atoms with E-state index in [9.17, 15) is 10.1 Å². The Morgan fingerprint density at radius 3 is 2.24 bits per heavy atom. The Labute approximate surface area is 158 Å². The van der Waals surface area contributed by atoms with Crippen molar-refractivity contribution in [1.29, 1.82) is 0 Å². The second-order valence-corrected chi connectivity index (χ2v) is 5.19. The molecule has 0 atom stereocenters. The van der Waals surface area contributed by atoms with Crippen LogP contribution in [0.25, 0.3) is 33.0 Å². The van der Waals surface area contributed by atoms with Crippen LogP contribution in [0.15, 0.2) is 90.8 Å². The molecular weight excluding hydrogens is 310 g/mol. The Morgan fingerprint density at radius 1 is 0.800 bits per heavy atom. The normalized spacial score (nSPS) is 15.8. The molecule has 3 heteroatoms. The molecule has 0 saturated carbocycles. The summed E-state index contributed by atoms with van der Waals surface area (Å²) in [5.41, 5.74) is -1.75. The van der Waals surface area contributed by atoms with Crippen LogP contribution in [0.1, 0.15) is 12.3 Å². The number of hydrogen-bond acceptors (Lipinski definition) is 2. The lowest BCUT2D eigenvalue weighted by atomic mass is 9.90. The van der Waals surface area contributed by atoms with Crippen LogP contribution in [0.5, 0.6) is 0 Å². The fourth-order valence-electron chi connectivity index (χ4n) is 2.74. The molecule has 0 radical (unpaired) electrons. The van der Waals surface area contributed by atoms with Gasteiger partial charge in [0.15, 0.2) is 0 Å². The van der Waals surface area contributed by atoms with E-state index >= 15 is 0 Å². The summed E-state index contributed by atoms with van der Waals surface area (Å²) in [4.78, 5) is 11.3. The van der Waals surface area contributed by atoms with Crippen LogP contribution >= 0.6 is 0 Å². The molecule has 3 nitrogen and oxygen atoms in total. The van der Waals surface area contributed by atoms with Crippen LogP contribution in [0, 0.1) is 10.1 Å². The van der Waals surface area contributed by atoms with Crippen LogP contribution in [-0.2, 0) is 0 Å². The van der Waals surface area contributed by atoms with Gasteiger partial charge in [-0.25, -0.2) is 0 Å². The number of fused-ring (bicyclic) bond motifs is 1. The predicted octanol–water partition coefficient (Wildman–Crippen LogP) is 6.08. The molecule has 4 aromatic carbocycles. The second-order valence-electron chi connectivity index (χ2n) is 5.19. The van der Waals surface area contributed by atoms with Gasteiger partial charge in [-0.3, -0.25) is 10.1 Å². The van der Waals surface area contributed by atoms with E-state index in [0.29, 0.717) is 10.8 Å². The molecule has 0 aliphatic heterocycles. The van der Waals surface area contributed by atoms with Crippen molar-refractivity contribution in [3.63, 3.8) is 0 Å². The van der Waals surface area contributed by atoms with Gasteiger partial charge < -0.3 is 0 Å². The summed E-state index contributed by atoms with van der Waals surface area (Å²) >= 11 is 0. The van der Waals surface area contributed by atoms with Crippen LogP contribution in [-0.4, -0.2) is 4.92 Å². The summed E-state index contributed by atoms with van der Waals surface area (Å²) in [6, 6.07) is 3.21. The largest absolute Gasteiger partial charge is 0.277 e. The number of nitro groups is 1. The van der Waals surface area contributed by atoms with Gasteiger partial charge in [-0.2, -0.15) is 0 Å². The summed E-state index contributed by atoms with van der Waals surface area (Å²) in [7, 11) is 0. The number of rotatable bonds is 3. The fraction of sp³-hybridized carbons (Fsp3) is 0. The Kier molecular flexibility index (Phi) is 2.01. The molecule has 120 valence electrons. The van der Waals surface area contributed by atoms with E-state index < -0.39 is 76.1 Å². The summed E-state index contributed by atoms with van der Waals surface area (Å²) in [6.45, 7) is 0. The zero-order valence-corrected chi connectivity index (χ0v) is 12.7. The van der Waals surface area contributed by atoms with E-state index in [1.165, 1.54) is 12.1 Å². The maximum Gasteiger partial charge on any atom is 0.277 e. The molecule has 0 aromatic heterocycles. The van der Waals surface area contributed by atoms with Crippen molar-refractivity contribution >= 4 is 16.5 Å². The van der Waals surface area contributed by atoms with Gasteiger partial charge in [-0.05, 0) is 33.5 Å². The molecule has 4 rings (SSSR count). The second kappa shape index (κ2) is 6.21. The fourth-order valence-corrected chi connectivity index (χ4v) is 2.74. The summed E-state index contributed by atoms with van der Waals surface area (Å²) in [5.74, 6) is 0. The highest BCUT2D eigenvalue weighted by Gasteiger charge is 2.20. The van der Waals surface area contributed by atoms with Crippen molar-refractivity contribution in [2.75, 3.05) is 0 Å². The molecule has 0 unspecified atom stereocenters. The molecule has 25 heavy (non-hydrogen) atoms. The molecule has 0 aliphatic rings. The Bertz CT molecular complexity index is 1510. The highest BCUT2D eigenvalue weighted by atomic mass is 16.6. The first-order valence-corrected chi connectivity index (χ1v) is 7.33. The van der Waals surface area contributed by atoms with E-state index in [1.807, 2.05) is 0 Å². The predicted molar refractivity (Wildman–Crippen MR) is 101 cm³/mol. The van der Waals surface area contributed by atoms with Crippen LogP contribution in [0.4, 0.5) is 5.69 Å². The van der Waals surface area contributed by atoms with Gasteiger partial charge in [0.1, 0.15) is 0 Å². The number of hydrogen-bond donors (Lipinski definition) is 0. The van der Waals surface area contributed by atoms with Crippen LogP contribution in [0.2, 0.25) is 0 Å². The Balaban J connectivity index is 2.34. The van der Waals surface area contributed by atoms with E-state index in [1.54, 1.807) is 24.3 Å².